The van der Waals surface area contributed by atoms with Crippen molar-refractivity contribution in [1.82, 2.24) is 14.8 Å². The lowest BCUT2D eigenvalue weighted by molar-refractivity contribution is -0.0240. The third kappa shape index (κ3) is 3.49. The molecule has 0 bridgehead atoms. The summed E-state index contributed by atoms with van der Waals surface area (Å²) >= 11 is 0. The minimum atomic E-state index is 0.146. The second-order valence-electron chi connectivity index (χ2n) is 8.05. The monoisotopic (exact) mass is 351 g/mol. The van der Waals surface area contributed by atoms with Crippen LogP contribution in [-0.4, -0.2) is 47.0 Å². The van der Waals surface area contributed by atoms with Gasteiger partial charge in [0.25, 0.3) is 0 Å². The van der Waals surface area contributed by atoms with E-state index in [4.69, 9.17) is 0 Å². The molecule has 2 heterocycles. The lowest BCUT2D eigenvalue weighted by Gasteiger charge is -2.52. The van der Waals surface area contributed by atoms with Crippen LogP contribution in [0.1, 0.15) is 37.7 Å². The first-order valence-corrected chi connectivity index (χ1v) is 9.87. The number of aromatic amines is 1. The topological polar surface area (TPSA) is 39.3 Å². The molecule has 0 unspecified atom stereocenters. The van der Waals surface area contributed by atoms with Gasteiger partial charge in [-0.25, -0.2) is 0 Å². The van der Waals surface area contributed by atoms with E-state index in [-0.39, 0.29) is 11.0 Å². The van der Waals surface area contributed by atoms with Gasteiger partial charge in [-0.1, -0.05) is 49.6 Å². The Bertz CT molecular complexity index is 793. The number of H-pyrrole nitrogens is 1. The fraction of sp³-hybridized carbons (Fsp3) is 0.500. The summed E-state index contributed by atoms with van der Waals surface area (Å²) in [6.45, 7) is 4.03. The molecule has 0 atom stereocenters. The zero-order valence-corrected chi connectivity index (χ0v) is 15.7. The van der Waals surface area contributed by atoms with Crippen molar-refractivity contribution < 1.29 is 0 Å². The van der Waals surface area contributed by atoms with Gasteiger partial charge in [0, 0.05) is 55.2 Å². The summed E-state index contributed by atoms with van der Waals surface area (Å²) in [5.41, 5.74) is 3.24. The van der Waals surface area contributed by atoms with Crippen LogP contribution in [0.15, 0.2) is 47.4 Å². The van der Waals surface area contributed by atoms with Gasteiger partial charge in [0.05, 0.1) is 0 Å². The van der Waals surface area contributed by atoms with Crippen LogP contribution < -0.4 is 5.43 Å². The first-order valence-electron chi connectivity index (χ1n) is 9.87. The van der Waals surface area contributed by atoms with E-state index in [1.165, 1.54) is 32.1 Å². The second-order valence-corrected chi connectivity index (χ2v) is 8.05. The molecule has 1 spiro atoms. The largest absolute Gasteiger partial charge is 0.361 e. The highest BCUT2D eigenvalue weighted by Gasteiger charge is 2.41. The van der Waals surface area contributed by atoms with Crippen molar-refractivity contribution in [3.05, 3.63) is 58.4 Å². The van der Waals surface area contributed by atoms with Crippen LogP contribution in [0.25, 0.3) is 11.3 Å². The van der Waals surface area contributed by atoms with E-state index in [0.717, 1.165) is 43.0 Å². The number of pyridine rings is 1. The predicted octanol–water partition coefficient (Wildman–Crippen LogP) is 3.49. The number of nitrogens with one attached hydrogen (secondary N) is 1. The average molecular weight is 351 g/mol. The van der Waals surface area contributed by atoms with Gasteiger partial charge in [-0.15, -0.1) is 0 Å². The average Bonchev–Trinajstić information content (AvgIpc) is 2.67. The Morgan fingerprint density at radius 3 is 2.58 bits per heavy atom. The first kappa shape index (κ1) is 17.5. The minimum absolute atomic E-state index is 0.146. The maximum Gasteiger partial charge on any atom is 0.186 e. The number of piperazine rings is 1. The summed E-state index contributed by atoms with van der Waals surface area (Å²) in [4.78, 5) is 21.2. The van der Waals surface area contributed by atoms with E-state index >= 15 is 0 Å². The molecular formula is C22H29N3O. The number of hydrogen-bond acceptors (Lipinski definition) is 3. The molecule has 4 rings (SSSR count). The summed E-state index contributed by atoms with van der Waals surface area (Å²) in [5, 5.41) is 0. The van der Waals surface area contributed by atoms with Crippen molar-refractivity contribution in [2.75, 3.05) is 26.7 Å². The summed E-state index contributed by atoms with van der Waals surface area (Å²) in [7, 11) is 2.23. The van der Waals surface area contributed by atoms with Crippen LogP contribution in [0.5, 0.6) is 0 Å². The summed E-state index contributed by atoms with van der Waals surface area (Å²) in [6, 6.07) is 11.8. The van der Waals surface area contributed by atoms with E-state index in [2.05, 4.69) is 21.8 Å². The number of benzene rings is 1. The molecule has 1 aromatic carbocycles. The standard InChI is InChI=1S/C22H29N3O/c1-24-12-13-25(22(17-24)10-6-3-7-11-22)16-19-15-23-20(14-21(19)26)18-8-4-2-5-9-18/h2,4-5,8-9,14-15H,3,6-7,10-13,16-17H2,1H3,(H,23,26). The number of aromatic nitrogens is 1. The maximum absolute atomic E-state index is 12.8. The van der Waals surface area contributed by atoms with Gasteiger partial charge in [0.15, 0.2) is 5.43 Å². The molecule has 2 aliphatic rings. The Balaban J connectivity index is 1.57. The van der Waals surface area contributed by atoms with Gasteiger partial charge in [0.2, 0.25) is 0 Å². The summed E-state index contributed by atoms with van der Waals surface area (Å²) < 4.78 is 0. The molecule has 138 valence electrons. The maximum atomic E-state index is 12.8. The van der Waals surface area contributed by atoms with Crippen molar-refractivity contribution in [3.8, 4) is 11.3 Å². The molecule has 0 radical (unpaired) electrons. The fourth-order valence-electron chi connectivity index (χ4n) is 4.76. The molecule has 1 aromatic heterocycles. The van der Waals surface area contributed by atoms with Crippen LogP contribution >= 0.6 is 0 Å². The van der Waals surface area contributed by atoms with Crippen molar-refractivity contribution in [2.24, 2.45) is 0 Å². The Morgan fingerprint density at radius 2 is 1.85 bits per heavy atom. The van der Waals surface area contributed by atoms with E-state index in [1.54, 1.807) is 6.07 Å². The van der Waals surface area contributed by atoms with Crippen LogP contribution in [0, 0.1) is 0 Å². The zero-order valence-electron chi connectivity index (χ0n) is 15.7. The van der Waals surface area contributed by atoms with Crippen molar-refractivity contribution in [2.45, 2.75) is 44.2 Å². The molecular weight excluding hydrogens is 322 g/mol. The van der Waals surface area contributed by atoms with Crippen LogP contribution in [0.2, 0.25) is 0 Å². The number of likely N-dealkylation sites (N-methyl/N-ethyl adjacent to an activating group) is 1. The number of nitrogens with zero attached hydrogens (tertiary/aromatic N) is 2. The Kier molecular flexibility index (Phi) is 4.96. The predicted molar refractivity (Wildman–Crippen MR) is 106 cm³/mol. The Morgan fingerprint density at radius 1 is 1.08 bits per heavy atom. The quantitative estimate of drug-likeness (QED) is 0.920. The molecule has 1 aliphatic carbocycles. The van der Waals surface area contributed by atoms with Gasteiger partial charge in [0.1, 0.15) is 0 Å². The summed E-state index contributed by atoms with van der Waals surface area (Å²) in [6.07, 6.45) is 8.43. The highest BCUT2D eigenvalue weighted by Crippen LogP contribution is 2.37. The molecule has 4 nitrogen and oxygen atoms in total. The summed E-state index contributed by atoms with van der Waals surface area (Å²) in [5.74, 6) is 0. The lowest BCUT2D eigenvalue weighted by atomic mass is 9.78. The van der Waals surface area contributed by atoms with Crippen LogP contribution in [-0.2, 0) is 6.54 Å². The highest BCUT2D eigenvalue weighted by atomic mass is 16.1. The molecule has 1 saturated carbocycles. The van der Waals surface area contributed by atoms with E-state index in [9.17, 15) is 4.79 Å². The van der Waals surface area contributed by atoms with Gasteiger partial charge in [-0.3, -0.25) is 9.69 Å². The SMILES string of the molecule is CN1CCN(Cc2c[nH]c(-c3ccccc3)cc2=O)C2(CCCCC2)C1. The zero-order chi connectivity index (χ0) is 18.0. The third-order valence-corrected chi connectivity index (χ3v) is 6.21. The van der Waals surface area contributed by atoms with Gasteiger partial charge in [-0.2, -0.15) is 0 Å². The highest BCUT2D eigenvalue weighted by molar-refractivity contribution is 5.58. The smallest absolute Gasteiger partial charge is 0.186 e. The van der Waals surface area contributed by atoms with Gasteiger partial charge in [-0.05, 0) is 25.5 Å². The lowest BCUT2D eigenvalue weighted by Crippen LogP contribution is -2.61. The van der Waals surface area contributed by atoms with Crippen molar-refractivity contribution in [3.63, 3.8) is 0 Å². The third-order valence-electron chi connectivity index (χ3n) is 6.21. The van der Waals surface area contributed by atoms with E-state index in [1.807, 2.05) is 36.5 Å². The first-order chi connectivity index (χ1) is 12.7. The van der Waals surface area contributed by atoms with Crippen molar-refractivity contribution >= 4 is 0 Å². The van der Waals surface area contributed by atoms with Gasteiger partial charge >= 0.3 is 0 Å². The molecule has 1 aliphatic heterocycles. The van der Waals surface area contributed by atoms with E-state index in [0.29, 0.717) is 0 Å². The molecule has 0 amide bonds. The molecule has 4 heteroatoms. The van der Waals surface area contributed by atoms with Gasteiger partial charge < -0.3 is 9.88 Å². The number of rotatable bonds is 3. The second kappa shape index (κ2) is 7.37. The Labute approximate surface area is 155 Å². The molecule has 1 saturated heterocycles. The fourth-order valence-corrected chi connectivity index (χ4v) is 4.76. The van der Waals surface area contributed by atoms with Crippen LogP contribution in [0.3, 0.4) is 0 Å². The normalized spacial score (nSPS) is 21.1. The Hall–Kier alpha value is -1.91. The molecule has 2 aromatic rings. The van der Waals surface area contributed by atoms with E-state index < -0.39 is 0 Å². The molecule has 26 heavy (non-hydrogen) atoms. The molecule has 2 fully saturated rings. The van der Waals surface area contributed by atoms with Crippen LogP contribution in [0.4, 0.5) is 0 Å². The number of hydrogen-bond donors (Lipinski definition) is 1. The molecule has 1 N–H and O–H groups in total. The minimum Gasteiger partial charge on any atom is -0.361 e. The van der Waals surface area contributed by atoms with Crippen molar-refractivity contribution in [1.29, 1.82) is 0 Å².